The first-order chi connectivity index (χ1) is 16.5. The van der Waals surface area contributed by atoms with E-state index in [9.17, 15) is 9.59 Å². The highest BCUT2D eigenvalue weighted by atomic mass is 16.6. The highest BCUT2D eigenvalue weighted by Gasteiger charge is 2.51. The first-order valence-electron chi connectivity index (χ1n) is 13.3. The number of rotatable bonds is 8. The van der Waals surface area contributed by atoms with Crippen molar-refractivity contribution >= 4 is 12.0 Å². The Hall–Kier alpha value is -2.08. The van der Waals surface area contributed by atoms with Gasteiger partial charge in [-0.25, -0.2) is 4.79 Å². The quantitative estimate of drug-likeness (QED) is 0.341. The largest absolute Gasteiger partial charge is 0.442 e. The molecule has 0 radical (unpaired) electrons. The van der Waals surface area contributed by atoms with E-state index in [0.717, 1.165) is 32.1 Å². The van der Waals surface area contributed by atoms with Gasteiger partial charge in [0.1, 0.15) is 6.10 Å². The summed E-state index contributed by atoms with van der Waals surface area (Å²) in [5.74, 6) is 0.551. The summed E-state index contributed by atoms with van der Waals surface area (Å²) in [6.45, 7) is 8.39. The first-order valence-corrected chi connectivity index (χ1v) is 13.3. The molecule has 35 heavy (non-hydrogen) atoms. The van der Waals surface area contributed by atoms with E-state index < -0.39 is 12.2 Å². The molecule has 1 aliphatic heterocycles. The Bertz CT molecular complexity index is 824. The van der Waals surface area contributed by atoms with Crippen LogP contribution >= 0.6 is 0 Å². The molecule has 0 unspecified atom stereocenters. The third kappa shape index (κ3) is 9.14. The molecule has 1 saturated heterocycles. The maximum Gasteiger partial charge on any atom is 0.409 e. The van der Waals surface area contributed by atoms with Crippen molar-refractivity contribution in [2.45, 2.75) is 109 Å². The molecule has 2 amide bonds. The van der Waals surface area contributed by atoms with Crippen molar-refractivity contribution in [1.29, 1.82) is 0 Å². The molecule has 3 fully saturated rings. The van der Waals surface area contributed by atoms with Gasteiger partial charge in [-0.15, -0.1) is 0 Å². The topological polar surface area (TPSA) is 67.9 Å². The zero-order chi connectivity index (χ0) is 25.6. The van der Waals surface area contributed by atoms with Crippen LogP contribution in [0.2, 0.25) is 0 Å². The molecule has 0 bridgehead atoms. The van der Waals surface area contributed by atoms with Crippen LogP contribution in [0.1, 0.15) is 85.5 Å². The molecule has 0 aromatic rings. The summed E-state index contributed by atoms with van der Waals surface area (Å²) in [5, 5.41) is 3.09. The van der Waals surface area contributed by atoms with Gasteiger partial charge < -0.3 is 19.7 Å². The minimum absolute atomic E-state index is 0.0115. The van der Waals surface area contributed by atoms with Gasteiger partial charge in [0.2, 0.25) is 5.91 Å². The lowest BCUT2D eigenvalue weighted by Crippen LogP contribution is -2.39. The summed E-state index contributed by atoms with van der Waals surface area (Å²) in [4.78, 5) is 25.2. The number of hydrogen-bond donors (Lipinski definition) is 1. The lowest BCUT2D eigenvalue weighted by Gasteiger charge is -2.40. The molecule has 2 saturated carbocycles. The van der Waals surface area contributed by atoms with Gasteiger partial charge in [-0.2, -0.15) is 0 Å². The van der Waals surface area contributed by atoms with E-state index >= 15 is 0 Å². The molecule has 196 valence electrons. The molecule has 0 aromatic heterocycles. The lowest BCUT2D eigenvalue weighted by molar-refractivity contribution is -0.117. The summed E-state index contributed by atoms with van der Waals surface area (Å²) >= 11 is 0. The number of carbonyl (C=O) groups is 2. The van der Waals surface area contributed by atoms with Gasteiger partial charge in [-0.3, -0.25) is 4.79 Å². The van der Waals surface area contributed by atoms with E-state index in [0.29, 0.717) is 11.3 Å². The predicted molar refractivity (Wildman–Crippen MR) is 140 cm³/mol. The fourth-order valence-electron chi connectivity index (χ4n) is 5.56. The molecule has 1 N–H and O–H groups in total. The van der Waals surface area contributed by atoms with Crippen LogP contribution < -0.4 is 5.32 Å². The third-order valence-corrected chi connectivity index (χ3v) is 7.57. The Morgan fingerprint density at radius 2 is 1.83 bits per heavy atom. The van der Waals surface area contributed by atoms with Gasteiger partial charge in [0.05, 0.1) is 11.7 Å². The predicted octanol–water partition coefficient (Wildman–Crippen LogP) is 5.93. The number of allylic oxidation sites excluding steroid dienone is 3. The molecule has 0 aromatic carbocycles. The van der Waals surface area contributed by atoms with Gasteiger partial charge >= 0.3 is 6.09 Å². The first kappa shape index (κ1) is 27.5. The second-order valence-corrected chi connectivity index (χ2v) is 11.9. The average molecular weight is 487 g/mol. The van der Waals surface area contributed by atoms with Crippen LogP contribution in [0.4, 0.5) is 4.79 Å². The molecule has 2 aliphatic carbocycles. The number of nitrogens with zero attached hydrogens (tertiary/aromatic N) is 1. The number of amides is 2. The van der Waals surface area contributed by atoms with Crippen LogP contribution in [0.25, 0.3) is 0 Å². The maximum absolute atomic E-state index is 12.2. The highest BCUT2D eigenvalue weighted by Crippen LogP contribution is 2.58. The molecule has 6 nitrogen and oxygen atoms in total. The summed E-state index contributed by atoms with van der Waals surface area (Å²) in [7, 11) is 3.26. The summed E-state index contributed by atoms with van der Waals surface area (Å²) < 4.78 is 11.5. The Morgan fingerprint density at radius 1 is 1.14 bits per heavy atom. The van der Waals surface area contributed by atoms with Crippen LogP contribution in [0.15, 0.2) is 36.0 Å². The van der Waals surface area contributed by atoms with Crippen LogP contribution in [0, 0.1) is 11.3 Å². The van der Waals surface area contributed by atoms with E-state index in [2.05, 4.69) is 44.3 Å². The standard InChI is InChI=1S/C29H46N2O4/c1-21(8-15-25-19-29(17-18-29)20-28(3,4)35-25)7-10-23-11-13-24(14-12-23)30-26(32)16-9-22(2)34-27(33)31(5)6/h7-9,15-16,22-25H,10-14,17-20H2,1-6H3,(H,30,32)/b15-8+,16-9-,21-7+/t22-,23-,24+,25+/m0/s1. The normalized spacial score (nSPS) is 28.7. The van der Waals surface area contributed by atoms with E-state index in [4.69, 9.17) is 9.47 Å². The molecule has 1 heterocycles. The average Bonchev–Trinajstić information content (AvgIpc) is 3.51. The monoisotopic (exact) mass is 486 g/mol. The molecule has 2 atom stereocenters. The number of ether oxygens (including phenoxy) is 2. The maximum atomic E-state index is 12.2. The van der Waals surface area contributed by atoms with Gasteiger partial charge in [0, 0.05) is 26.2 Å². The van der Waals surface area contributed by atoms with Crippen molar-refractivity contribution in [3.63, 3.8) is 0 Å². The zero-order valence-corrected chi connectivity index (χ0v) is 22.6. The van der Waals surface area contributed by atoms with Crippen molar-refractivity contribution < 1.29 is 19.1 Å². The van der Waals surface area contributed by atoms with Crippen molar-refractivity contribution in [3.8, 4) is 0 Å². The molecule has 3 aliphatic rings. The minimum atomic E-state index is -0.443. The number of hydrogen-bond acceptors (Lipinski definition) is 4. The summed E-state index contributed by atoms with van der Waals surface area (Å²) in [5.41, 5.74) is 1.85. The van der Waals surface area contributed by atoms with Gasteiger partial charge in [-0.05, 0) is 103 Å². The van der Waals surface area contributed by atoms with Crippen LogP contribution in [-0.4, -0.2) is 54.8 Å². The molecule has 3 rings (SSSR count). The Balaban J connectivity index is 1.35. The fraction of sp³-hybridized carbons (Fsp3) is 0.724. The Morgan fingerprint density at radius 3 is 2.46 bits per heavy atom. The van der Waals surface area contributed by atoms with E-state index in [1.54, 1.807) is 27.1 Å². The van der Waals surface area contributed by atoms with Gasteiger partial charge in [-0.1, -0.05) is 23.8 Å². The van der Waals surface area contributed by atoms with Crippen molar-refractivity contribution in [2.75, 3.05) is 14.1 Å². The molecule has 6 heteroatoms. The summed E-state index contributed by atoms with van der Waals surface area (Å²) in [6.07, 6.45) is 19.8. The number of carbonyl (C=O) groups excluding carboxylic acids is 2. The highest BCUT2D eigenvalue weighted by molar-refractivity contribution is 5.87. The smallest absolute Gasteiger partial charge is 0.409 e. The molecular formula is C29H46N2O4. The number of nitrogens with one attached hydrogen (secondary N) is 1. The minimum Gasteiger partial charge on any atom is -0.442 e. The van der Waals surface area contributed by atoms with Crippen LogP contribution in [0.5, 0.6) is 0 Å². The lowest BCUT2D eigenvalue weighted by atomic mass is 9.82. The van der Waals surface area contributed by atoms with E-state index in [1.165, 1.54) is 42.2 Å². The van der Waals surface area contributed by atoms with Crippen molar-refractivity contribution in [3.05, 3.63) is 36.0 Å². The van der Waals surface area contributed by atoms with Crippen molar-refractivity contribution in [1.82, 2.24) is 10.2 Å². The second-order valence-electron chi connectivity index (χ2n) is 11.9. The van der Waals surface area contributed by atoms with E-state index in [-0.39, 0.29) is 23.7 Å². The third-order valence-electron chi connectivity index (χ3n) is 7.57. The second kappa shape index (κ2) is 11.8. The molecule has 1 spiro atoms. The SMILES string of the molecule is CC(/C=C/[C@@H]1CC2(CC2)CC(C)(C)O1)=C\C[C@H]1CC[C@@H](NC(=O)/C=C\[C@H](C)OC(=O)N(C)C)CC1. The molecular weight excluding hydrogens is 440 g/mol. The Labute approximate surface area is 212 Å². The van der Waals surface area contributed by atoms with Crippen LogP contribution in [-0.2, 0) is 14.3 Å². The van der Waals surface area contributed by atoms with E-state index in [1.807, 2.05) is 0 Å². The Kier molecular flexibility index (Phi) is 9.25. The van der Waals surface area contributed by atoms with Crippen molar-refractivity contribution in [2.24, 2.45) is 11.3 Å². The fourth-order valence-corrected chi connectivity index (χ4v) is 5.56. The summed E-state index contributed by atoms with van der Waals surface area (Å²) in [6, 6.07) is 0.217. The van der Waals surface area contributed by atoms with Gasteiger partial charge in [0.25, 0.3) is 0 Å². The van der Waals surface area contributed by atoms with Crippen LogP contribution in [0.3, 0.4) is 0 Å². The van der Waals surface area contributed by atoms with Gasteiger partial charge in [0.15, 0.2) is 0 Å². The zero-order valence-electron chi connectivity index (χ0n) is 22.6.